The number of aliphatic hydroxyl groups is 1. The third-order valence-electron chi connectivity index (χ3n) is 11.6. The molecule has 1 aliphatic rings. The lowest BCUT2D eigenvalue weighted by Crippen LogP contribution is -2.60. The van der Waals surface area contributed by atoms with Crippen molar-refractivity contribution in [2.45, 2.75) is 101 Å². The summed E-state index contributed by atoms with van der Waals surface area (Å²) in [4.78, 5) is 99.8. The predicted molar refractivity (Wildman–Crippen MR) is 253 cm³/mol. The van der Waals surface area contributed by atoms with Crippen LogP contribution in [-0.2, 0) is 52.8 Å². The Morgan fingerprint density at radius 1 is 0.746 bits per heavy atom. The average Bonchev–Trinajstić information content (AvgIpc) is 3.97. The first-order valence-corrected chi connectivity index (χ1v) is 23.7. The van der Waals surface area contributed by atoms with Gasteiger partial charge in [0.05, 0.1) is 12.6 Å². The lowest BCUT2D eigenvalue weighted by atomic mass is 10.00. The highest BCUT2D eigenvalue weighted by atomic mass is 32.2. The van der Waals surface area contributed by atoms with E-state index in [2.05, 4.69) is 31.6 Å². The number of carboxylic acids is 1. The van der Waals surface area contributed by atoms with Gasteiger partial charge in [-0.2, -0.15) is 11.8 Å². The molecule has 67 heavy (non-hydrogen) atoms. The van der Waals surface area contributed by atoms with Crippen LogP contribution >= 0.6 is 11.8 Å². The van der Waals surface area contributed by atoms with Crippen molar-refractivity contribution in [3.05, 3.63) is 102 Å². The minimum absolute atomic E-state index is 0.0115. The molecule has 0 bridgehead atoms. The number of aliphatic carboxylic acids is 1. The van der Waals surface area contributed by atoms with E-state index in [0.29, 0.717) is 23.3 Å². The van der Waals surface area contributed by atoms with Gasteiger partial charge in [0.15, 0.2) is 0 Å². The number of nitrogens with two attached hydrogens (primary N) is 1. The minimum Gasteiger partial charge on any atom is -0.508 e. The Hall–Kier alpha value is -6.44. The molecule has 0 unspecified atom stereocenters. The smallest absolute Gasteiger partial charge is 0.326 e. The summed E-state index contributed by atoms with van der Waals surface area (Å²) in [5.74, 6) is -5.15. The Bertz CT molecular complexity index is 2330. The third-order valence-corrected chi connectivity index (χ3v) is 12.2. The molecule has 5 rings (SSSR count). The number of aromatic amines is 1. The summed E-state index contributed by atoms with van der Waals surface area (Å²) in [6.45, 7) is 2.97. The van der Waals surface area contributed by atoms with E-state index < -0.39 is 90.3 Å². The van der Waals surface area contributed by atoms with Crippen molar-refractivity contribution in [3.63, 3.8) is 0 Å². The van der Waals surface area contributed by atoms with Crippen LogP contribution in [0.2, 0.25) is 0 Å². The van der Waals surface area contributed by atoms with E-state index in [1.165, 1.54) is 40.9 Å². The number of aromatic hydroxyl groups is 1. The molecule has 2 heterocycles. The van der Waals surface area contributed by atoms with E-state index in [1.807, 2.05) is 44.4 Å². The second-order valence-corrected chi connectivity index (χ2v) is 18.1. The van der Waals surface area contributed by atoms with E-state index in [1.54, 1.807) is 36.5 Å². The molecule has 18 nitrogen and oxygen atoms in total. The zero-order valence-corrected chi connectivity index (χ0v) is 38.7. The van der Waals surface area contributed by atoms with Gasteiger partial charge in [0.2, 0.25) is 35.4 Å². The molecule has 1 aliphatic heterocycles. The Kier molecular flexibility index (Phi) is 19.2. The molecule has 1 aromatic heterocycles. The van der Waals surface area contributed by atoms with E-state index in [0.717, 1.165) is 16.5 Å². The number of nitrogens with zero attached hydrogens (tertiary/aromatic N) is 1. The third kappa shape index (κ3) is 14.8. The Morgan fingerprint density at radius 3 is 2.01 bits per heavy atom. The van der Waals surface area contributed by atoms with Gasteiger partial charge in [-0.1, -0.05) is 74.5 Å². The summed E-state index contributed by atoms with van der Waals surface area (Å²) >= 11 is 1.49. The van der Waals surface area contributed by atoms with Gasteiger partial charge >= 0.3 is 5.97 Å². The molecule has 1 fully saturated rings. The zero-order valence-electron chi connectivity index (χ0n) is 37.9. The van der Waals surface area contributed by atoms with Gasteiger partial charge in [-0.3, -0.25) is 28.8 Å². The van der Waals surface area contributed by atoms with Gasteiger partial charge in [-0.15, -0.1) is 0 Å². The number of H-pyrrole nitrogens is 1. The normalized spacial score (nSPS) is 16.3. The molecule has 0 saturated carbocycles. The van der Waals surface area contributed by atoms with Crippen LogP contribution in [0.1, 0.15) is 56.2 Å². The maximum Gasteiger partial charge on any atom is 0.326 e. The Labute approximate surface area is 393 Å². The van der Waals surface area contributed by atoms with Crippen LogP contribution in [0, 0.1) is 5.92 Å². The number of phenols is 1. The number of hydrogen-bond donors (Lipinski definition) is 10. The highest BCUT2D eigenvalue weighted by molar-refractivity contribution is 7.98. The van der Waals surface area contributed by atoms with Gasteiger partial charge in [-0.25, -0.2) is 4.79 Å². The number of aliphatic hydroxyl groups excluding tert-OH is 1. The molecule has 1 saturated heterocycles. The summed E-state index contributed by atoms with van der Waals surface area (Å²) < 4.78 is 0. The molecule has 6 amide bonds. The van der Waals surface area contributed by atoms with Crippen molar-refractivity contribution in [1.82, 2.24) is 36.5 Å². The van der Waals surface area contributed by atoms with E-state index in [4.69, 9.17) is 5.73 Å². The number of carboxylic acid groups (broad SMARTS) is 1. The Balaban J connectivity index is 1.24. The molecule has 360 valence electrons. The van der Waals surface area contributed by atoms with Crippen LogP contribution in [0.25, 0.3) is 10.9 Å². The van der Waals surface area contributed by atoms with Gasteiger partial charge < -0.3 is 57.5 Å². The zero-order chi connectivity index (χ0) is 48.6. The quantitative estimate of drug-likeness (QED) is 0.0479. The fourth-order valence-corrected chi connectivity index (χ4v) is 8.49. The molecule has 11 N–H and O–H groups in total. The second-order valence-electron chi connectivity index (χ2n) is 17.2. The number of nitrogens with one attached hydrogen (secondary N) is 6. The summed E-state index contributed by atoms with van der Waals surface area (Å²) in [6.07, 6.45) is 4.81. The highest BCUT2D eigenvalue weighted by Gasteiger charge is 2.40. The van der Waals surface area contributed by atoms with Crippen LogP contribution < -0.4 is 32.3 Å². The predicted octanol–water partition coefficient (Wildman–Crippen LogP) is 1.52. The van der Waals surface area contributed by atoms with Crippen LogP contribution in [-0.4, -0.2) is 134 Å². The van der Waals surface area contributed by atoms with Crippen LogP contribution in [0.15, 0.2) is 85.1 Å². The lowest BCUT2D eigenvalue weighted by Gasteiger charge is -2.30. The Morgan fingerprint density at radius 2 is 1.34 bits per heavy atom. The molecular formula is C48H62N8O10S. The first kappa shape index (κ1) is 51.5. The van der Waals surface area contributed by atoms with Gasteiger partial charge in [0, 0.05) is 36.5 Å². The second kappa shape index (κ2) is 24.9. The van der Waals surface area contributed by atoms with Gasteiger partial charge in [-0.05, 0) is 84.9 Å². The lowest BCUT2D eigenvalue weighted by molar-refractivity contribution is -0.142. The minimum atomic E-state index is -1.54. The largest absolute Gasteiger partial charge is 0.508 e. The summed E-state index contributed by atoms with van der Waals surface area (Å²) in [6, 6.07) is 13.8. The number of benzene rings is 3. The molecule has 3 aromatic carbocycles. The summed E-state index contributed by atoms with van der Waals surface area (Å²) in [7, 11) is 0. The van der Waals surface area contributed by atoms with Gasteiger partial charge in [0.1, 0.15) is 42.0 Å². The molecule has 7 atom stereocenters. The fourth-order valence-electron chi connectivity index (χ4n) is 8.01. The van der Waals surface area contributed by atoms with Gasteiger partial charge in [0.25, 0.3) is 0 Å². The summed E-state index contributed by atoms with van der Waals surface area (Å²) in [5.41, 5.74) is 9.30. The topological polar surface area (TPSA) is 285 Å². The van der Waals surface area contributed by atoms with Crippen molar-refractivity contribution in [3.8, 4) is 5.75 Å². The first-order valence-electron chi connectivity index (χ1n) is 22.4. The first-order chi connectivity index (χ1) is 32.1. The molecule has 0 aliphatic carbocycles. The number of fused-ring (bicyclic) bond motifs is 1. The molecule has 19 heteroatoms. The number of rotatable bonds is 24. The van der Waals surface area contributed by atoms with Crippen LogP contribution in [0.3, 0.4) is 0 Å². The standard InChI is InChI=1S/C48H62N8O10S/c1-28(2)22-37(43(60)53-38(23-29-10-5-4-6-11-29)44(61)54-39(48(65)66)24-30-15-17-32(58)18-16-30)52-45(62)40(27-57)55-46(63)41-14-9-20-56(41)47(64)36(19-21-67-3)51-42(59)34(49)25-31-26-50-35-13-8-7-12-33(31)35/h4-8,10-13,15-18,26,28,34,36-41,50,57-58H,9,14,19-25,27,49H2,1-3H3,(H,51,59)(H,52,62)(H,53,60)(H,54,61)(H,55,63)(H,65,66)/t34-,36-,37-,38-,39-,40-,41-/m0/s1. The number of carbonyl (C=O) groups excluding carboxylic acids is 6. The van der Waals surface area contributed by atoms with E-state index in [9.17, 15) is 48.9 Å². The van der Waals surface area contributed by atoms with Crippen LogP contribution in [0.4, 0.5) is 0 Å². The number of amides is 6. The van der Waals surface area contributed by atoms with Crippen molar-refractivity contribution < 1.29 is 48.9 Å². The fraction of sp³-hybridized carbons (Fsp3) is 0.438. The molecule has 0 spiro atoms. The average molecular weight is 943 g/mol. The van der Waals surface area contributed by atoms with Crippen molar-refractivity contribution >= 4 is 64.1 Å². The number of para-hydroxylation sites is 1. The number of phenolic OH excluding ortho intramolecular Hbond substituents is 1. The number of aromatic nitrogens is 1. The molecular weight excluding hydrogens is 881 g/mol. The monoisotopic (exact) mass is 942 g/mol. The van der Waals surface area contributed by atoms with E-state index >= 15 is 0 Å². The summed E-state index contributed by atoms with van der Waals surface area (Å²) in [5, 5.41) is 44.2. The van der Waals surface area contributed by atoms with Crippen LogP contribution in [0.5, 0.6) is 5.75 Å². The number of carbonyl (C=O) groups is 7. The SMILES string of the molecule is CSCC[C@H](NC(=O)[C@@H](N)Cc1c[nH]c2ccccc12)C(=O)N1CCC[C@H]1C(=O)N[C@@H](CO)C(=O)N[C@@H](CC(C)C)C(=O)N[C@@H](Cc1ccccc1)C(=O)N[C@@H](Cc1ccc(O)cc1)C(=O)O. The number of hydrogen-bond acceptors (Lipinski definition) is 11. The van der Waals surface area contributed by atoms with Crippen molar-refractivity contribution in [1.29, 1.82) is 0 Å². The number of thioether (sulfide) groups is 1. The van der Waals surface area contributed by atoms with Crippen molar-refractivity contribution in [2.75, 3.05) is 25.2 Å². The molecule has 0 radical (unpaired) electrons. The maximum absolute atomic E-state index is 14.1. The molecule has 4 aromatic rings. The maximum atomic E-state index is 14.1. The number of likely N-dealkylation sites (tertiary alicyclic amines) is 1. The highest BCUT2D eigenvalue weighted by Crippen LogP contribution is 2.22. The van der Waals surface area contributed by atoms with E-state index in [-0.39, 0.29) is 56.7 Å². The van der Waals surface area contributed by atoms with Crippen molar-refractivity contribution in [2.24, 2.45) is 11.7 Å².